The van der Waals surface area contributed by atoms with Gasteiger partial charge in [0.2, 0.25) is 0 Å². The standard InChI is InChI=1S/C14H21N3O/c1-10(2)17(11(3)4)14(18)13-8-6-5-7-12(13)9-16-15/h5-11H,15H2,1-4H3. The summed E-state index contributed by atoms with van der Waals surface area (Å²) in [6, 6.07) is 7.66. The van der Waals surface area contributed by atoms with E-state index in [2.05, 4.69) is 5.10 Å². The van der Waals surface area contributed by atoms with Crippen molar-refractivity contribution in [3.63, 3.8) is 0 Å². The van der Waals surface area contributed by atoms with E-state index in [0.29, 0.717) is 5.56 Å². The molecule has 0 unspecified atom stereocenters. The first-order chi connectivity index (χ1) is 8.49. The number of rotatable bonds is 4. The maximum Gasteiger partial charge on any atom is 0.254 e. The number of nitrogens with zero attached hydrogens (tertiary/aromatic N) is 2. The third-order valence-corrected chi connectivity index (χ3v) is 2.75. The smallest absolute Gasteiger partial charge is 0.254 e. The number of carbonyl (C=O) groups excluding carboxylic acids is 1. The summed E-state index contributed by atoms with van der Waals surface area (Å²) >= 11 is 0. The Kier molecular flexibility index (Phi) is 4.89. The van der Waals surface area contributed by atoms with E-state index in [0.717, 1.165) is 5.56 Å². The summed E-state index contributed by atoms with van der Waals surface area (Å²) in [5.74, 6) is 5.18. The lowest BCUT2D eigenvalue weighted by Gasteiger charge is -2.31. The summed E-state index contributed by atoms with van der Waals surface area (Å²) in [6.07, 6.45) is 1.51. The number of hydrogen-bond acceptors (Lipinski definition) is 3. The molecule has 0 radical (unpaired) electrons. The highest BCUT2D eigenvalue weighted by Crippen LogP contribution is 2.15. The Morgan fingerprint density at radius 3 is 2.28 bits per heavy atom. The molecule has 0 saturated carbocycles. The van der Waals surface area contributed by atoms with E-state index < -0.39 is 0 Å². The van der Waals surface area contributed by atoms with Crippen molar-refractivity contribution in [2.24, 2.45) is 10.9 Å². The van der Waals surface area contributed by atoms with Crippen LogP contribution in [-0.2, 0) is 0 Å². The van der Waals surface area contributed by atoms with E-state index in [9.17, 15) is 4.79 Å². The predicted molar refractivity (Wildman–Crippen MR) is 74.7 cm³/mol. The normalized spacial score (nSPS) is 11.4. The molecule has 0 aliphatic rings. The van der Waals surface area contributed by atoms with Crippen LogP contribution in [0.2, 0.25) is 0 Å². The van der Waals surface area contributed by atoms with Crippen LogP contribution in [0.25, 0.3) is 0 Å². The monoisotopic (exact) mass is 247 g/mol. The first-order valence-corrected chi connectivity index (χ1v) is 6.14. The lowest BCUT2D eigenvalue weighted by molar-refractivity contribution is 0.0643. The molecule has 0 atom stereocenters. The third kappa shape index (κ3) is 3.09. The van der Waals surface area contributed by atoms with Crippen LogP contribution in [0, 0.1) is 0 Å². The molecule has 0 spiro atoms. The van der Waals surface area contributed by atoms with Crippen LogP contribution in [0.5, 0.6) is 0 Å². The molecule has 1 aromatic rings. The Morgan fingerprint density at radius 2 is 1.78 bits per heavy atom. The molecule has 1 aromatic carbocycles. The molecule has 98 valence electrons. The van der Waals surface area contributed by atoms with Crippen LogP contribution < -0.4 is 5.84 Å². The Labute approximate surface area is 108 Å². The van der Waals surface area contributed by atoms with Gasteiger partial charge < -0.3 is 10.7 Å². The second kappa shape index (κ2) is 6.19. The van der Waals surface area contributed by atoms with E-state index in [-0.39, 0.29) is 18.0 Å². The van der Waals surface area contributed by atoms with Crippen LogP contribution in [-0.4, -0.2) is 29.1 Å². The van der Waals surface area contributed by atoms with Crippen molar-refractivity contribution in [3.05, 3.63) is 35.4 Å². The Bertz CT molecular complexity index is 430. The fourth-order valence-electron chi connectivity index (χ4n) is 2.09. The molecule has 1 rings (SSSR count). The summed E-state index contributed by atoms with van der Waals surface area (Å²) in [6.45, 7) is 8.05. The second-order valence-corrected chi connectivity index (χ2v) is 4.77. The third-order valence-electron chi connectivity index (χ3n) is 2.75. The zero-order valence-electron chi connectivity index (χ0n) is 11.4. The number of hydrogen-bond donors (Lipinski definition) is 1. The van der Waals surface area contributed by atoms with Gasteiger partial charge in [-0.15, -0.1) is 0 Å². The van der Waals surface area contributed by atoms with Crippen molar-refractivity contribution in [1.82, 2.24) is 4.90 Å². The SMILES string of the molecule is CC(C)N(C(=O)c1ccccc1C=NN)C(C)C. The maximum absolute atomic E-state index is 12.5. The summed E-state index contributed by atoms with van der Waals surface area (Å²) in [7, 11) is 0. The molecule has 4 nitrogen and oxygen atoms in total. The van der Waals surface area contributed by atoms with Crippen LogP contribution in [0.15, 0.2) is 29.4 Å². The van der Waals surface area contributed by atoms with Gasteiger partial charge in [0.05, 0.1) is 6.21 Å². The van der Waals surface area contributed by atoms with Crippen molar-refractivity contribution in [2.45, 2.75) is 39.8 Å². The summed E-state index contributed by atoms with van der Waals surface area (Å²) < 4.78 is 0. The first kappa shape index (κ1) is 14.2. The molecule has 4 heteroatoms. The molecule has 0 aromatic heterocycles. The molecule has 0 aliphatic carbocycles. The van der Waals surface area contributed by atoms with Gasteiger partial charge in [0.25, 0.3) is 5.91 Å². The summed E-state index contributed by atoms with van der Waals surface area (Å²) in [4.78, 5) is 14.4. The molecular formula is C14H21N3O. The molecule has 0 heterocycles. The van der Waals surface area contributed by atoms with Gasteiger partial charge >= 0.3 is 0 Å². The first-order valence-electron chi connectivity index (χ1n) is 6.14. The van der Waals surface area contributed by atoms with E-state index in [1.54, 1.807) is 6.07 Å². The van der Waals surface area contributed by atoms with E-state index in [1.807, 2.05) is 50.8 Å². The van der Waals surface area contributed by atoms with Gasteiger partial charge in [0.1, 0.15) is 0 Å². The topological polar surface area (TPSA) is 58.7 Å². The van der Waals surface area contributed by atoms with Gasteiger partial charge in [-0.2, -0.15) is 5.10 Å². The highest BCUT2D eigenvalue weighted by atomic mass is 16.2. The lowest BCUT2D eigenvalue weighted by Crippen LogP contribution is -2.42. The van der Waals surface area contributed by atoms with Crippen molar-refractivity contribution < 1.29 is 4.79 Å². The average Bonchev–Trinajstić information content (AvgIpc) is 2.29. The van der Waals surface area contributed by atoms with E-state index in [1.165, 1.54) is 6.21 Å². The van der Waals surface area contributed by atoms with E-state index >= 15 is 0 Å². The highest BCUT2D eigenvalue weighted by Gasteiger charge is 2.22. The molecule has 0 saturated heterocycles. The van der Waals surface area contributed by atoms with Gasteiger partial charge in [-0.25, -0.2) is 0 Å². The predicted octanol–water partition coefficient (Wildman–Crippen LogP) is 2.24. The van der Waals surface area contributed by atoms with Gasteiger partial charge in [0, 0.05) is 23.2 Å². The van der Waals surface area contributed by atoms with Crippen molar-refractivity contribution >= 4 is 12.1 Å². The van der Waals surface area contributed by atoms with Gasteiger partial charge in [-0.3, -0.25) is 4.79 Å². The molecule has 1 amide bonds. The van der Waals surface area contributed by atoms with Gasteiger partial charge in [-0.1, -0.05) is 18.2 Å². The van der Waals surface area contributed by atoms with E-state index in [4.69, 9.17) is 5.84 Å². The molecule has 0 aliphatic heterocycles. The number of benzene rings is 1. The minimum atomic E-state index is 0.00972. The quantitative estimate of drug-likeness (QED) is 0.504. The maximum atomic E-state index is 12.5. The Hall–Kier alpha value is -1.84. The Balaban J connectivity index is 3.16. The zero-order chi connectivity index (χ0) is 13.7. The van der Waals surface area contributed by atoms with Crippen LogP contribution in [0.1, 0.15) is 43.6 Å². The minimum absolute atomic E-state index is 0.00972. The molecular weight excluding hydrogens is 226 g/mol. The van der Waals surface area contributed by atoms with Crippen LogP contribution in [0.3, 0.4) is 0 Å². The van der Waals surface area contributed by atoms with Gasteiger partial charge in [-0.05, 0) is 33.8 Å². The molecule has 18 heavy (non-hydrogen) atoms. The minimum Gasteiger partial charge on any atom is -0.334 e. The summed E-state index contributed by atoms with van der Waals surface area (Å²) in [5, 5.41) is 3.50. The molecule has 2 N–H and O–H groups in total. The van der Waals surface area contributed by atoms with Crippen molar-refractivity contribution in [2.75, 3.05) is 0 Å². The van der Waals surface area contributed by atoms with Crippen LogP contribution >= 0.6 is 0 Å². The number of carbonyl (C=O) groups is 1. The van der Waals surface area contributed by atoms with Gasteiger partial charge in [0.15, 0.2) is 0 Å². The number of hydrazone groups is 1. The zero-order valence-corrected chi connectivity index (χ0v) is 11.4. The largest absolute Gasteiger partial charge is 0.334 e. The second-order valence-electron chi connectivity index (χ2n) is 4.77. The van der Waals surface area contributed by atoms with Crippen LogP contribution in [0.4, 0.5) is 0 Å². The Morgan fingerprint density at radius 1 is 1.22 bits per heavy atom. The average molecular weight is 247 g/mol. The number of amides is 1. The number of nitrogens with two attached hydrogens (primary N) is 1. The van der Waals surface area contributed by atoms with Crippen molar-refractivity contribution in [3.8, 4) is 0 Å². The van der Waals surface area contributed by atoms with Crippen molar-refractivity contribution in [1.29, 1.82) is 0 Å². The molecule has 0 fully saturated rings. The summed E-state index contributed by atoms with van der Waals surface area (Å²) in [5.41, 5.74) is 1.38. The molecule has 0 bridgehead atoms. The lowest BCUT2D eigenvalue weighted by atomic mass is 10.1. The fourth-order valence-corrected chi connectivity index (χ4v) is 2.09. The highest BCUT2D eigenvalue weighted by molar-refractivity contribution is 6.02. The fraction of sp³-hybridized carbons (Fsp3) is 0.429.